The zero-order valence-electron chi connectivity index (χ0n) is 23.0. The Balaban J connectivity index is 1.53. The monoisotopic (exact) mass is 621 g/mol. The summed E-state index contributed by atoms with van der Waals surface area (Å²) in [7, 11) is -3.95. The number of amides is 2. The lowest BCUT2D eigenvalue weighted by Gasteiger charge is -2.31. The van der Waals surface area contributed by atoms with E-state index >= 15 is 0 Å². The number of sulfonamides is 1. The Morgan fingerprint density at radius 1 is 0.930 bits per heavy atom. The summed E-state index contributed by atoms with van der Waals surface area (Å²) >= 11 is 6.05. The molecule has 0 aromatic heterocycles. The van der Waals surface area contributed by atoms with E-state index < -0.39 is 40.3 Å². The lowest BCUT2D eigenvalue weighted by Crippen LogP contribution is -2.45. The summed E-state index contributed by atoms with van der Waals surface area (Å²) in [6.45, 7) is 3.53. The average Bonchev–Trinajstić information content (AvgIpc) is 3.01. The van der Waals surface area contributed by atoms with Gasteiger partial charge in [-0.25, -0.2) is 12.8 Å². The van der Waals surface area contributed by atoms with E-state index in [9.17, 15) is 22.4 Å². The van der Waals surface area contributed by atoms with Crippen LogP contribution < -0.4 is 14.8 Å². The molecule has 0 saturated carbocycles. The standard InChI is InChI=1S/C32H29ClFN3O5S/c1-2-20-35-32(39)31(24-6-4-3-5-7-24)37(21-23-8-10-25(33)11-9-23)30(38)22-42-28-16-18-29(19-17-28)43(40,41)36-27-14-12-26(34)13-15-27/h2-19,31,36H,1,20-22H2,(H,35,39). The molecule has 2 amide bonds. The highest BCUT2D eigenvalue weighted by Gasteiger charge is 2.31. The molecule has 0 radical (unpaired) electrons. The highest BCUT2D eigenvalue weighted by atomic mass is 35.5. The number of nitrogens with zero attached hydrogens (tertiary/aromatic N) is 1. The molecule has 2 N–H and O–H groups in total. The third-order valence-corrected chi connectivity index (χ3v) is 7.92. The number of ether oxygens (including phenoxy) is 1. The van der Waals surface area contributed by atoms with E-state index in [4.69, 9.17) is 16.3 Å². The summed E-state index contributed by atoms with van der Waals surface area (Å²) in [5.41, 5.74) is 1.56. The number of halogens is 2. The highest BCUT2D eigenvalue weighted by Crippen LogP contribution is 2.25. The summed E-state index contributed by atoms with van der Waals surface area (Å²) in [5.74, 6) is -1.12. The molecule has 43 heavy (non-hydrogen) atoms. The van der Waals surface area contributed by atoms with Gasteiger partial charge in [0.1, 0.15) is 17.6 Å². The Labute approximate surface area is 254 Å². The second-order valence-corrected chi connectivity index (χ2v) is 11.5. The van der Waals surface area contributed by atoms with Crippen molar-refractivity contribution in [1.82, 2.24) is 10.2 Å². The molecule has 0 saturated heterocycles. The van der Waals surface area contributed by atoms with Gasteiger partial charge in [-0.2, -0.15) is 0 Å². The van der Waals surface area contributed by atoms with Gasteiger partial charge >= 0.3 is 0 Å². The molecule has 1 atom stereocenters. The molecular weight excluding hydrogens is 593 g/mol. The number of rotatable bonds is 13. The van der Waals surface area contributed by atoms with Gasteiger partial charge in [0.2, 0.25) is 5.91 Å². The van der Waals surface area contributed by atoms with E-state index in [0.717, 1.165) is 17.7 Å². The number of carbonyl (C=O) groups is 2. The SMILES string of the molecule is C=CCNC(=O)C(c1ccccc1)N(Cc1ccc(Cl)cc1)C(=O)COc1ccc(S(=O)(=O)Nc2ccc(F)cc2)cc1. The van der Waals surface area contributed by atoms with Crippen molar-refractivity contribution in [2.24, 2.45) is 0 Å². The predicted molar refractivity (Wildman–Crippen MR) is 164 cm³/mol. The first-order valence-electron chi connectivity index (χ1n) is 13.1. The fourth-order valence-corrected chi connectivity index (χ4v) is 5.35. The zero-order chi connectivity index (χ0) is 30.8. The molecule has 4 aromatic carbocycles. The largest absolute Gasteiger partial charge is 0.484 e. The van der Waals surface area contributed by atoms with Crippen molar-refractivity contribution in [2.75, 3.05) is 17.9 Å². The van der Waals surface area contributed by atoms with E-state index in [1.165, 1.54) is 41.3 Å². The smallest absolute Gasteiger partial charge is 0.261 e. The van der Waals surface area contributed by atoms with Crippen LogP contribution in [0.2, 0.25) is 5.02 Å². The van der Waals surface area contributed by atoms with Gasteiger partial charge in [0, 0.05) is 23.8 Å². The van der Waals surface area contributed by atoms with Crippen molar-refractivity contribution in [3.63, 3.8) is 0 Å². The molecule has 8 nitrogen and oxygen atoms in total. The van der Waals surface area contributed by atoms with Crippen molar-refractivity contribution in [3.05, 3.63) is 138 Å². The molecule has 0 fully saturated rings. The van der Waals surface area contributed by atoms with Crippen LogP contribution in [0.15, 0.2) is 121 Å². The summed E-state index contributed by atoms with van der Waals surface area (Å²) < 4.78 is 46.8. The highest BCUT2D eigenvalue weighted by molar-refractivity contribution is 7.92. The minimum Gasteiger partial charge on any atom is -0.484 e. The molecule has 222 valence electrons. The van der Waals surface area contributed by atoms with Crippen LogP contribution in [-0.2, 0) is 26.2 Å². The predicted octanol–water partition coefficient (Wildman–Crippen LogP) is 5.73. The molecule has 0 aliphatic rings. The van der Waals surface area contributed by atoms with Gasteiger partial charge in [0.15, 0.2) is 6.61 Å². The topological polar surface area (TPSA) is 105 Å². The van der Waals surface area contributed by atoms with E-state index in [1.807, 2.05) is 6.07 Å². The van der Waals surface area contributed by atoms with Crippen LogP contribution in [0.1, 0.15) is 17.2 Å². The Hall–Kier alpha value is -4.67. The Morgan fingerprint density at radius 3 is 2.21 bits per heavy atom. The summed E-state index contributed by atoms with van der Waals surface area (Å²) in [6.07, 6.45) is 1.55. The van der Waals surface area contributed by atoms with Crippen LogP contribution in [0, 0.1) is 5.82 Å². The van der Waals surface area contributed by atoms with E-state index in [1.54, 1.807) is 54.6 Å². The summed E-state index contributed by atoms with van der Waals surface area (Å²) in [4.78, 5) is 28.4. The van der Waals surface area contributed by atoms with Gasteiger partial charge in [-0.1, -0.05) is 60.1 Å². The lowest BCUT2D eigenvalue weighted by atomic mass is 10.0. The normalized spacial score (nSPS) is 11.7. The van der Waals surface area contributed by atoms with Gasteiger partial charge in [-0.15, -0.1) is 6.58 Å². The number of hydrogen-bond acceptors (Lipinski definition) is 5. The minimum atomic E-state index is -3.95. The van der Waals surface area contributed by atoms with Crippen LogP contribution >= 0.6 is 11.6 Å². The second-order valence-electron chi connectivity index (χ2n) is 9.37. The van der Waals surface area contributed by atoms with Gasteiger partial charge in [-0.05, 0) is 71.8 Å². The summed E-state index contributed by atoms with van der Waals surface area (Å²) in [6, 6.07) is 25.3. The maximum atomic E-state index is 13.7. The zero-order valence-corrected chi connectivity index (χ0v) is 24.5. The molecule has 0 aliphatic heterocycles. The van der Waals surface area contributed by atoms with Crippen molar-refractivity contribution >= 4 is 39.1 Å². The maximum absolute atomic E-state index is 13.7. The molecule has 1 unspecified atom stereocenters. The Morgan fingerprint density at radius 2 is 1.58 bits per heavy atom. The van der Waals surface area contributed by atoms with Crippen molar-refractivity contribution in [3.8, 4) is 5.75 Å². The first kappa shape index (κ1) is 31.3. The van der Waals surface area contributed by atoms with Crippen molar-refractivity contribution < 1.29 is 27.1 Å². The molecule has 0 spiro atoms. The number of hydrogen-bond donors (Lipinski definition) is 2. The molecule has 4 aromatic rings. The average molecular weight is 622 g/mol. The van der Waals surface area contributed by atoms with E-state index in [-0.39, 0.29) is 29.4 Å². The first-order chi connectivity index (χ1) is 20.7. The number of anilines is 1. The van der Waals surface area contributed by atoms with Crippen LogP contribution in [0.5, 0.6) is 5.75 Å². The Bertz CT molecular complexity index is 1650. The molecule has 4 rings (SSSR count). The molecule has 11 heteroatoms. The third-order valence-electron chi connectivity index (χ3n) is 6.28. The minimum absolute atomic E-state index is 0.0529. The third kappa shape index (κ3) is 8.67. The molecular formula is C32H29ClFN3O5S. The van der Waals surface area contributed by atoms with E-state index in [0.29, 0.717) is 10.6 Å². The van der Waals surface area contributed by atoms with Crippen molar-refractivity contribution in [2.45, 2.75) is 17.5 Å². The van der Waals surface area contributed by atoms with Gasteiger partial charge in [0.05, 0.1) is 4.90 Å². The number of nitrogens with one attached hydrogen (secondary N) is 2. The van der Waals surface area contributed by atoms with Crippen molar-refractivity contribution in [1.29, 1.82) is 0 Å². The summed E-state index contributed by atoms with van der Waals surface area (Å²) in [5, 5.41) is 3.32. The van der Waals surface area contributed by atoms with Crippen LogP contribution in [0.4, 0.5) is 10.1 Å². The van der Waals surface area contributed by atoms with Crippen LogP contribution in [0.3, 0.4) is 0 Å². The van der Waals surface area contributed by atoms with Gasteiger partial charge in [-0.3, -0.25) is 14.3 Å². The van der Waals surface area contributed by atoms with Gasteiger partial charge in [0.25, 0.3) is 15.9 Å². The Kier molecular flexibility index (Phi) is 10.5. The van der Waals surface area contributed by atoms with Crippen LogP contribution in [0.25, 0.3) is 0 Å². The van der Waals surface area contributed by atoms with Crippen LogP contribution in [-0.4, -0.2) is 38.3 Å². The molecule has 0 bridgehead atoms. The number of benzene rings is 4. The van der Waals surface area contributed by atoms with Gasteiger partial charge < -0.3 is 15.0 Å². The first-order valence-corrected chi connectivity index (χ1v) is 15.0. The fourth-order valence-electron chi connectivity index (χ4n) is 4.16. The second kappa shape index (κ2) is 14.5. The molecule has 0 aliphatic carbocycles. The maximum Gasteiger partial charge on any atom is 0.261 e. The lowest BCUT2D eigenvalue weighted by molar-refractivity contribution is -0.143. The fraction of sp³-hybridized carbons (Fsp3) is 0.125. The number of carbonyl (C=O) groups excluding carboxylic acids is 2. The van der Waals surface area contributed by atoms with E-state index in [2.05, 4.69) is 16.6 Å². The molecule has 0 heterocycles. The quantitative estimate of drug-likeness (QED) is 0.186.